The maximum atomic E-state index is 11.6. The molecule has 0 bridgehead atoms. The Hall–Kier alpha value is -1.66. The SMILES string of the molecule is CNC(=O)c1ccn(-c2ccc(Br)cc2CNC(C)C)n1. The first-order chi connectivity index (χ1) is 10.0. The average Bonchev–Trinajstić information content (AvgIpc) is 2.94. The Labute approximate surface area is 132 Å². The molecule has 0 unspecified atom stereocenters. The van der Waals surface area contributed by atoms with Gasteiger partial charge in [0.1, 0.15) is 0 Å². The fourth-order valence-corrected chi connectivity index (χ4v) is 2.35. The lowest BCUT2D eigenvalue weighted by Gasteiger charge is -2.13. The minimum Gasteiger partial charge on any atom is -0.354 e. The second-order valence-corrected chi connectivity index (χ2v) is 5.95. The molecular weight excluding hydrogens is 332 g/mol. The Morgan fingerprint density at radius 3 is 2.81 bits per heavy atom. The van der Waals surface area contributed by atoms with Gasteiger partial charge in [-0.25, -0.2) is 4.68 Å². The first-order valence-electron chi connectivity index (χ1n) is 6.81. The van der Waals surface area contributed by atoms with E-state index in [-0.39, 0.29) is 5.91 Å². The van der Waals surface area contributed by atoms with E-state index >= 15 is 0 Å². The van der Waals surface area contributed by atoms with Gasteiger partial charge in [-0.2, -0.15) is 5.10 Å². The second-order valence-electron chi connectivity index (χ2n) is 5.03. The Morgan fingerprint density at radius 2 is 2.14 bits per heavy atom. The van der Waals surface area contributed by atoms with Crippen LogP contribution in [0.4, 0.5) is 0 Å². The molecule has 5 nitrogen and oxygen atoms in total. The fraction of sp³-hybridized carbons (Fsp3) is 0.333. The molecular formula is C15H19BrN4O. The fourth-order valence-electron chi connectivity index (χ4n) is 1.94. The summed E-state index contributed by atoms with van der Waals surface area (Å²) in [6.07, 6.45) is 1.80. The molecule has 0 atom stereocenters. The minimum absolute atomic E-state index is 0.187. The lowest BCUT2D eigenvalue weighted by atomic mass is 10.1. The van der Waals surface area contributed by atoms with Crippen molar-refractivity contribution in [1.82, 2.24) is 20.4 Å². The Kier molecular flexibility index (Phi) is 5.14. The molecule has 0 aliphatic rings. The summed E-state index contributed by atoms with van der Waals surface area (Å²) < 4.78 is 2.75. The quantitative estimate of drug-likeness (QED) is 0.870. The van der Waals surface area contributed by atoms with Gasteiger partial charge in [0.15, 0.2) is 5.69 Å². The predicted octanol–water partition coefficient (Wildman–Crippen LogP) is 2.49. The van der Waals surface area contributed by atoms with Crippen molar-refractivity contribution in [2.45, 2.75) is 26.4 Å². The summed E-state index contributed by atoms with van der Waals surface area (Å²) in [6.45, 7) is 4.95. The maximum absolute atomic E-state index is 11.6. The zero-order chi connectivity index (χ0) is 15.4. The summed E-state index contributed by atoms with van der Waals surface area (Å²) in [5, 5.41) is 10.3. The smallest absolute Gasteiger partial charge is 0.271 e. The monoisotopic (exact) mass is 350 g/mol. The van der Waals surface area contributed by atoms with Crippen LogP contribution in [0.15, 0.2) is 34.9 Å². The average molecular weight is 351 g/mol. The number of benzene rings is 1. The molecule has 1 amide bonds. The van der Waals surface area contributed by atoms with Crippen LogP contribution in [0.25, 0.3) is 5.69 Å². The van der Waals surface area contributed by atoms with E-state index in [0.717, 1.165) is 22.3 Å². The molecule has 2 N–H and O–H groups in total. The summed E-state index contributed by atoms with van der Waals surface area (Å²) in [6, 6.07) is 8.13. The second kappa shape index (κ2) is 6.87. The molecule has 0 spiro atoms. The van der Waals surface area contributed by atoms with E-state index in [1.54, 1.807) is 24.0 Å². The first-order valence-corrected chi connectivity index (χ1v) is 7.60. The number of halogens is 1. The third-order valence-corrected chi connectivity index (χ3v) is 3.53. The van der Waals surface area contributed by atoms with Crippen molar-refractivity contribution < 1.29 is 4.79 Å². The maximum Gasteiger partial charge on any atom is 0.271 e. The van der Waals surface area contributed by atoms with Gasteiger partial charge in [-0.15, -0.1) is 0 Å². The van der Waals surface area contributed by atoms with E-state index < -0.39 is 0 Å². The third kappa shape index (κ3) is 3.92. The third-order valence-electron chi connectivity index (χ3n) is 3.04. The predicted molar refractivity (Wildman–Crippen MR) is 86.6 cm³/mol. The molecule has 0 saturated carbocycles. The van der Waals surface area contributed by atoms with Crippen molar-refractivity contribution in [1.29, 1.82) is 0 Å². The molecule has 1 heterocycles. The van der Waals surface area contributed by atoms with E-state index in [1.165, 1.54) is 0 Å². The molecule has 2 rings (SSSR count). The highest BCUT2D eigenvalue weighted by molar-refractivity contribution is 9.10. The number of carbonyl (C=O) groups is 1. The molecule has 112 valence electrons. The number of carbonyl (C=O) groups excluding carboxylic acids is 1. The summed E-state index contributed by atoms with van der Waals surface area (Å²) in [4.78, 5) is 11.6. The Morgan fingerprint density at radius 1 is 1.38 bits per heavy atom. The van der Waals surface area contributed by atoms with Gasteiger partial charge in [-0.3, -0.25) is 4.79 Å². The lowest BCUT2D eigenvalue weighted by molar-refractivity contribution is 0.0957. The molecule has 0 saturated heterocycles. The highest BCUT2D eigenvalue weighted by Crippen LogP contribution is 2.20. The van der Waals surface area contributed by atoms with Gasteiger partial charge < -0.3 is 10.6 Å². The molecule has 21 heavy (non-hydrogen) atoms. The van der Waals surface area contributed by atoms with Crippen LogP contribution in [-0.4, -0.2) is 28.8 Å². The van der Waals surface area contributed by atoms with Gasteiger partial charge in [0.2, 0.25) is 0 Å². The van der Waals surface area contributed by atoms with E-state index in [4.69, 9.17) is 0 Å². The number of aromatic nitrogens is 2. The van der Waals surface area contributed by atoms with E-state index in [1.807, 2.05) is 12.1 Å². The summed E-state index contributed by atoms with van der Waals surface area (Å²) in [5.41, 5.74) is 2.48. The van der Waals surface area contributed by atoms with Gasteiger partial charge >= 0.3 is 0 Å². The van der Waals surface area contributed by atoms with Crippen molar-refractivity contribution in [3.8, 4) is 5.69 Å². The van der Waals surface area contributed by atoms with Crippen LogP contribution >= 0.6 is 15.9 Å². The van der Waals surface area contributed by atoms with E-state index in [9.17, 15) is 4.79 Å². The van der Waals surface area contributed by atoms with Crippen molar-refractivity contribution in [3.63, 3.8) is 0 Å². The largest absolute Gasteiger partial charge is 0.354 e. The number of nitrogens with zero attached hydrogens (tertiary/aromatic N) is 2. The number of hydrogen-bond donors (Lipinski definition) is 2. The molecule has 1 aromatic heterocycles. The van der Waals surface area contributed by atoms with Crippen LogP contribution in [0.1, 0.15) is 29.9 Å². The Balaban J connectivity index is 2.34. The van der Waals surface area contributed by atoms with Gasteiger partial charge in [0.05, 0.1) is 5.69 Å². The van der Waals surface area contributed by atoms with Crippen LogP contribution < -0.4 is 10.6 Å². The van der Waals surface area contributed by atoms with Crippen molar-refractivity contribution in [2.24, 2.45) is 0 Å². The van der Waals surface area contributed by atoms with Crippen LogP contribution in [0.3, 0.4) is 0 Å². The number of nitrogens with one attached hydrogen (secondary N) is 2. The van der Waals surface area contributed by atoms with Crippen molar-refractivity contribution in [2.75, 3.05) is 7.05 Å². The van der Waals surface area contributed by atoms with Crippen molar-refractivity contribution >= 4 is 21.8 Å². The van der Waals surface area contributed by atoms with Gasteiger partial charge in [-0.1, -0.05) is 29.8 Å². The van der Waals surface area contributed by atoms with Crippen LogP contribution in [-0.2, 0) is 6.54 Å². The highest BCUT2D eigenvalue weighted by atomic mass is 79.9. The summed E-state index contributed by atoms with van der Waals surface area (Å²) in [5.74, 6) is -0.187. The van der Waals surface area contributed by atoms with Crippen LogP contribution in [0.2, 0.25) is 0 Å². The molecule has 6 heteroatoms. The normalized spacial score (nSPS) is 10.9. The number of rotatable bonds is 5. The highest BCUT2D eigenvalue weighted by Gasteiger charge is 2.11. The van der Waals surface area contributed by atoms with Crippen LogP contribution in [0.5, 0.6) is 0 Å². The molecule has 0 aliphatic heterocycles. The van der Waals surface area contributed by atoms with Gasteiger partial charge in [0, 0.05) is 30.3 Å². The molecule has 1 aromatic carbocycles. The zero-order valence-electron chi connectivity index (χ0n) is 12.4. The van der Waals surface area contributed by atoms with Gasteiger partial charge in [-0.05, 0) is 29.8 Å². The first kappa shape index (κ1) is 15.7. The summed E-state index contributed by atoms with van der Waals surface area (Å²) >= 11 is 3.49. The lowest BCUT2D eigenvalue weighted by Crippen LogP contribution is -2.23. The molecule has 0 radical (unpaired) electrons. The summed E-state index contributed by atoms with van der Waals surface area (Å²) in [7, 11) is 1.60. The number of amides is 1. The standard InChI is InChI=1S/C15H19BrN4O/c1-10(2)18-9-11-8-12(16)4-5-14(11)20-7-6-13(19-20)15(21)17-3/h4-8,10,18H,9H2,1-3H3,(H,17,21). The molecule has 0 aliphatic carbocycles. The van der Waals surface area contributed by atoms with Crippen LogP contribution in [0, 0.1) is 0 Å². The van der Waals surface area contributed by atoms with E-state index in [0.29, 0.717) is 11.7 Å². The van der Waals surface area contributed by atoms with Crippen molar-refractivity contribution in [3.05, 3.63) is 46.2 Å². The molecule has 0 fully saturated rings. The zero-order valence-corrected chi connectivity index (χ0v) is 13.9. The topological polar surface area (TPSA) is 59.0 Å². The van der Waals surface area contributed by atoms with E-state index in [2.05, 4.69) is 51.6 Å². The Bertz CT molecular complexity index is 636. The minimum atomic E-state index is -0.187. The van der Waals surface area contributed by atoms with Gasteiger partial charge in [0.25, 0.3) is 5.91 Å². The number of hydrogen-bond acceptors (Lipinski definition) is 3. The molecule has 2 aromatic rings.